The molecule has 2 aromatic rings. The molecule has 1 heterocycles. The number of rotatable bonds is 5. The van der Waals surface area contributed by atoms with Crippen LogP contribution in [0.25, 0.3) is 11.3 Å². The maximum absolute atomic E-state index is 13.3. The molecule has 0 spiro atoms. The fourth-order valence-electron chi connectivity index (χ4n) is 2.26. The van der Waals surface area contributed by atoms with Crippen LogP contribution in [0.15, 0.2) is 22.7 Å². The van der Waals surface area contributed by atoms with Crippen molar-refractivity contribution in [3.8, 4) is 11.3 Å². The summed E-state index contributed by atoms with van der Waals surface area (Å²) in [6.45, 7) is 5.09. The molecular formula is C15H19BrFN3. The van der Waals surface area contributed by atoms with E-state index in [2.05, 4.69) is 39.3 Å². The molecule has 1 aromatic carbocycles. The Morgan fingerprint density at radius 2 is 2.05 bits per heavy atom. The Morgan fingerprint density at radius 3 is 2.65 bits per heavy atom. The van der Waals surface area contributed by atoms with E-state index in [-0.39, 0.29) is 5.82 Å². The van der Waals surface area contributed by atoms with Gasteiger partial charge in [0.1, 0.15) is 23.2 Å². The number of nitrogens with zero attached hydrogens (tertiary/aromatic N) is 2. The average molecular weight is 340 g/mol. The number of aryl methyl sites for hydroxylation is 1. The Bertz CT molecular complexity index is 607. The maximum Gasteiger partial charge on any atom is 0.137 e. The number of imidazole rings is 1. The summed E-state index contributed by atoms with van der Waals surface area (Å²) in [6, 6.07) is 4.86. The van der Waals surface area contributed by atoms with Crippen LogP contribution in [-0.4, -0.2) is 9.55 Å². The van der Waals surface area contributed by atoms with E-state index in [0.29, 0.717) is 10.3 Å². The molecular weight excluding hydrogens is 321 g/mol. The number of nitrogens with two attached hydrogens (primary N) is 1. The zero-order chi connectivity index (χ0) is 14.7. The van der Waals surface area contributed by atoms with Crippen LogP contribution in [-0.2, 0) is 13.0 Å². The van der Waals surface area contributed by atoms with Crippen LogP contribution >= 0.6 is 15.9 Å². The van der Waals surface area contributed by atoms with Crippen LogP contribution in [0.4, 0.5) is 10.2 Å². The Balaban J connectivity index is 2.50. The van der Waals surface area contributed by atoms with Crippen molar-refractivity contribution in [2.45, 2.75) is 39.7 Å². The van der Waals surface area contributed by atoms with E-state index in [4.69, 9.17) is 5.73 Å². The first-order valence-electron chi connectivity index (χ1n) is 6.88. The fourth-order valence-corrected chi connectivity index (χ4v) is 2.64. The van der Waals surface area contributed by atoms with Crippen LogP contribution in [0.5, 0.6) is 0 Å². The Labute approximate surface area is 127 Å². The third kappa shape index (κ3) is 2.87. The zero-order valence-electron chi connectivity index (χ0n) is 11.8. The normalized spacial score (nSPS) is 11.0. The van der Waals surface area contributed by atoms with E-state index in [1.807, 2.05) is 0 Å². The summed E-state index contributed by atoms with van der Waals surface area (Å²) in [7, 11) is 0. The van der Waals surface area contributed by atoms with E-state index < -0.39 is 0 Å². The van der Waals surface area contributed by atoms with E-state index in [0.717, 1.165) is 42.9 Å². The van der Waals surface area contributed by atoms with Crippen LogP contribution in [0.2, 0.25) is 0 Å². The molecule has 2 rings (SSSR count). The molecule has 0 fully saturated rings. The summed E-state index contributed by atoms with van der Waals surface area (Å²) in [5.74, 6) is 1.38. The molecule has 0 atom stereocenters. The Kier molecular flexibility index (Phi) is 4.81. The van der Waals surface area contributed by atoms with Gasteiger partial charge in [-0.1, -0.05) is 13.8 Å². The third-order valence-electron chi connectivity index (χ3n) is 3.20. The molecule has 0 amide bonds. The maximum atomic E-state index is 13.3. The lowest BCUT2D eigenvalue weighted by molar-refractivity contribution is 0.621. The molecule has 5 heteroatoms. The summed E-state index contributed by atoms with van der Waals surface area (Å²) in [5, 5.41) is 0. The van der Waals surface area contributed by atoms with Gasteiger partial charge in [0.25, 0.3) is 0 Å². The number of nitrogen functional groups attached to an aromatic ring is 1. The third-order valence-corrected chi connectivity index (χ3v) is 3.81. The zero-order valence-corrected chi connectivity index (χ0v) is 13.4. The van der Waals surface area contributed by atoms with Crippen molar-refractivity contribution < 1.29 is 4.39 Å². The molecule has 0 saturated carbocycles. The molecule has 0 aliphatic rings. The number of anilines is 1. The van der Waals surface area contributed by atoms with Crippen molar-refractivity contribution in [3.05, 3.63) is 34.3 Å². The topological polar surface area (TPSA) is 43.8 Å². The highest BCUT2D eigenvalue weighted by molar-refractivity contribution is 9.10. The van der Waals surface area contributed by atoms with Crippen LogP contribution in [0.3, 0.4) is 0 Å². The van der Waals surface area contributed by atoms with Gasteiger partial charge in [-0.3, -0.25) is 0 Å². The molecule has 3 nitrogen and oxygen atoms in total. The molecule has 20 heavy (non-hydrogen) atoms. The van der Waals surface area contributed by atoms with Gasteiger partial charge in [-0.15, -0.1) is 0 Å². The first-order valence-corrected chi connectivity index (χ1v) is 7.68. The molecule has 2 N–H and O–H groups in total. The molecule has 0 radical (unpaired) electrons. The lowest BCUT2D eigenvalue weighted by Gasteiger charge is -2.07. The van der Waals surface area contributed by atoms with Crippen molar-refractivity contribution in [2.24, 2.45) is 0 Å². The molecule has 1 aromatic heterocycles. The summed E-state index contributed by atoms with van der Waals surface area (Å²) in [4.78, 5) is 4.65. The fraction of sp³-hybridized carbons (Fsp3) is 0.400. The minimum absolute atomic E-state index is 0.283. The van der Waals surface area contributed by atoms with Crippen molar-refractivity contribution in [3.63, 3.8) is 0 Å². The van der Waals surface area contributed by atoms with Crippen molar-refractivity contribution in [2.75, 3.05) is 5.73 Å². The van der Waals surface area contributed by atoms with Crippen molar-refractivity contribution in [1.29, 1.82) is 0 Å². The number of hydrogen-bond donors (Lipinski definition) is 1. The molecule has 0 saturated heterocycles. The van der Waals surface area contributed by atoms with Crippen molar-refractivity contribution >= 4 is 21.7 Å². The van der Waals surface area contributed by atoms with Gasteiger partial charge in [0.2, 0.25) is 0 Å². The molecule has 108 valence electrons. The average Bonchev–Trinajstić information content (AvgIpc) is 2.72. The van der Waals surface area contributed by atoms with Gasteiger partial charge in [-0.2, -0.15) is 0 Å². The lowest BCUT2D eigenvalue weighted by Crippen LogP contribution is -2.06. The summed E-state index contributed by atoms with van der Waals surface area (Å²) in [5.41, 5.74) is 7.81. The Hall–Kier alpha value is -1.36. The quantitative estimate of drug-likeness (QED) is 0.877. The SMILES string of the molecule is CCCc1nc(-c2ccc(F)c(Br)c2)c(N)n1CCC. The molecule has 0 unspecified atom stereocenters. The Morgan fingerprint density at radius 1 is 1.30 bits per heavy atom. The first kappa shape index (κ1) is 15.0. The van der Waals surface area contributed by atoms with E-state index in [9.17, 15) is 4.39 Å². The van der Waals surface area contributed by atoms with Gasteiger partial charge in [0, 0.05) is 18.5 Å². The number of halogens is 2. The largest absolute Gasteiger partial charge is 0.383 e. The summed E-state index contributed by atoms with van der Waals surface area (Å²) >= 11 is 3.20. The molecule has 0 aliphatic carbocycles. The monoisotopic (exact) mass is 339 g/mol. The summed E-state index contributed by atoms with van der Waals surface area (Å²) in [6.07, 6.45) is 2.92. The standard InChI is InChI=1S/C15H19BrFN3/c1-3-5-13-19-14(15(18)20(13)8-4-2)10-6-7-12(17)11(16)9-10/h6-7,9H,3-5,8,18H2,1-2H3. The molecule has 0 bridgehead atoms. The second-order valence-corrected chi connectivity index (χ2v) is 5.65. The highest BCUT2D eigenvalue weighted by Crippen LogP contribution is 2.30. The summed E-state index contributed by atoms with van der Waals surface area (Å²) < 4.78 is 15.8. The minimum atomic E-state index is -0.283. The van der Waals surface area contributed by atoms with Gasteiger partial charge in [0.05, 0.1) is 4.47 Å². The van der Waals surface area contributed by atoms with Gasteiger partial charge in [0.15, 0.2) is 0 Å². The minimum Gasteiger partial charge on any atom is -0.383 e. The number of hydrogen-bond acceptors (Lipinski definition) is 2. The smallest absolute Gasteiger partial charge is 0.137 e. The van der Waals surface area contributed by atoms with Crippen LogP contribution in [0.1, 0.15) is 32.5 Å². The highest BCUT2D eigenvalue weighted by atomic mass is 79.9. The number of aromatic nitrogens is 2. The van der Waals surface area contributed by atoms with Gasteiger partial charge in [-0.05, 0) is 47.0 Å². The number of benzene rings is 1. The van der Waals surface area contributed by atoms with E-state index >= 15 is 0 Å². The lowest BCUT2D eigenvalue weighted by atomic mass is 10.1. The highest BCUT2D eigenvalue weighted by Gasteiger charge is 2.16. The van der Waals surface area contributed by atoms with E-state index in [1.165, 1.54) is 6.07 Å². The molecule has 0 aliphatic heterocycles. The van der Waals surface area contributed by atoms with Crippen molar-refractivity contribution in [1.82, 2.24) is 9.55 Å². The van der Waals surface area contributed by atoms with Gasteiger partial charge >= 0.3 is 0 Å². The van der Waals surface area contributed by atoms with Crippen LogP contribution in [0, 0.1) is 5.82 Å². The van der Waals surface area contributed by atoms with Gasteiger partial charge < -0.3 is 10.3 Å². The second kappa shape index (κ2) is 6.39. The second-order valence-electron chi connectivity index (χ2n) is 4.79. The van der Waals surface area contributed by atoms with Crippen LogP contribution < -0.4 is 5.73 Å². The predicted molar refractivity (Wildman–Crippen MR) is 84.0 cm³/mol. The first-order chi connectivity index (χ1) is 9.58. The van der Waals surface area contributed by atoms with E-state index in [1.54, 1.807) is 12.1 Å². The van der Waals surface area contributed by atoms with Gasteiger partial charge in [-0.25, -0.2) is 9.37 Å². The predicted octanol–water partition coefficient (Wildman–Crippen LogP) is 4.40.